The number of rotatable bonds is 5. The topological polar surface area (TPSA) is 54.0 Å². The Morgan fingerprint density at radius 2 is 1.89 bits per heavy atom. The summed E-state index contributed by atoms with van der Waals surface area (Å²) in [6.45, 7) is 5.70. The molecule has 18 heavy (non-hydrogen) atoms. The summed E-state index contributed by atoms with van der Waals surface area (Å²) in [4.78, 5) is 0. The molecule has 0 spiro atoms. The van der Waals surface area contributed by atoms with E-state index in [0.717, 1.165) is 24.2 Å². The third-order valence-electron chi connectivity index (χ3n) is 2.63. The van der Waals surface area contributed by atoms with Crippen LogP contribution in [-0.4, -0.2) is 23.3 Å². The van der Waals surface area contributed by atoms with Gasteiger partial charge >= 0.3 is 0 Å². The monoisotopic (exact) mass is 244 g/mol. The first-order valence-corrected chi connectivity index (χ1v) is 6.01. The fourth-order valence-corrected chi connectivity index (χ4v) is 1.57. The lowest BCUT2D eigenvalue weighted by Gasteiger charge is -2.10. The Hall–Kier alpha value is -2.17. The van der Waals surface area contributed by atoms with Crippen molar-refractivity contribution in [1.82, 2.24) is 10.2 Å². The minimum Gasteiger partial charge on any atom is -0.362 e. The van der Waals surface area contributed by atoms with E-state index in [1.165, 1.54) is 0 Å². The number of hydrogen-bond acceptors (Lipinski definition) is 4. The van der Waals surface area contributed by atoms with Gasteiger partial charge in [0.25, 0.3) is 0 Å². The van der Waals surface area contributed by atoms with Gasteiger partial charge in [0.1, 0.15) is 6.26 Å². The van der Waals surface area contributed by atoms with Crippen LogP contribution >= 0.6 is 0 Å². The van der Waals surface area contributed by atoms with Crippen molar-refractivity contribution in [3.8, 4) is 11.1 Å². The van der Waals surface area contributed by atoms with Crippen LogP contribution in [0.15, 0.2) is 51.5 Å². The summed E-state index contributed by atoms with van der Waals surface area (Å²) in [6.07, 6.45) is 1.59. The van der Waals surface area contributed by atoms with E-state index in [-0.39, 0.29) is 0 Å². The lowest BCUT2D eigenvalue weighted by Crippen LogP contribution is -2.14. The van der Waals surface area contributed by atoms with Gasteiger partial charge in [-0.25, -0.2) is 0 Å². The zero-order chi connectivity index (χ0) is 12.8. The van der Waals surface area contributed by atoms with Crippen LogP contribution in [0.2, 0.25) is 0 Å². The Morgan fingerprint density at radius 1 is 1.17 bits per heavy atom. The molecule has 0 amide bonds. The van der Waals surface area contributed by atoms with Crippen LogP contribution in [0, 0.1) is 0 Å². The van der Waals surface area contributed by atoms with Gasteiger partial charge in [-0.2, -0.15) is 0 Å². The van der Waals surface area contributed by atoms with E-state index in [0.29, 0.717) is 5.82 Å². The highest BCUT2D eigenvalue weighted by Crippen LogP contribution is 2.28. The Bertz CT molecular complexity index is 503. The van der Waals surface area contributed by atoms with Crippen LogP contribution in [0.1, 0.15) is 13.8 Å². The van der Waals surface area contributed by atoms with E-state index in [4.69, 9.17) is 4.52 Å². The molecule has 0 aliphatic heterocycles. The normalized spacial score (nSPS) is 11.0. The lowest BCUT2D eigenvalue weighted by atomic mass is 10.1. The fourth-order valence-electron chi connectivity index (χ4n) is 1.57. The molecule has 1 heterocycles. The van der Waals surface area contributed by atoms with Crippen molar-refractivity contribution in [3.05, 3.63) is 36.6 Å². The predicted molar refractivity (Wildman–Crippen MR) is 69.4 cm³/mol. The quantitative estimate of drug-likeness (QED) is 0.595. The second kappa shape index (κ2) is 5.95. The van der Waals surface area contributed by atoms with E-state index < -0.39 is 0 Å². The van der Waals surface area contributed by atoms with E-state index in [1.807, 2.05) is 49.2 Å². The maximum absolute atomic E-state index is 4.98. The van der Waals surface area contributed by atoms with Gasteiger partial charge in [0, 0.05) is 13.1 Å². The molecule has 5 nitrogen and oxygen atoms in total. The second-order valence-corrected chi connectivity index (χ2v) is 3.75. The minimum absolute atomic E-state index is 0.508. The molecule has 0 aliphatic rings. The van der Waals surface area contributed by atoms with Gasteiger partial charge in [-0.3, -0.25) is 5.01 Å². The first kappa shape index (κ1) is 12.3. The first-order valence-electron chi connectivity index (χ1n) is 6.01. The molecule has 0 unspecified atom stereocenters. The molecule has 2 aromatic rings. The zero-order valence-electron chi connectivity index (χ0n) is 10.6. The highest BCUT2D eigenvalue weighted by atomic mass is 16.5. The maximum Gasteiger partial charge on any atom is 0.226 e. The van der Waals surface area contributed by atoms with Gasteiger partial charge in [-0.15, -0.1) is 5.11 Å². The summed E-state index contributed by atoms with van der Waals surface area (Å²) in [5.74, 6) is 0.508. The Balaban J connectivity index is 2.23. The van der Waals surface area contributed by atoms with Crippen molar-refractivity contribution in [3.63, 3.8) is 0 Å². The third-order valence-corrected chi connectivity index (χ3v) is 2.63. The van der Waals surface area contributed by atoms with Crippen molar-refractivity contribution < 1.29 is 4.52 Å². The lowest BCUT2D eigenvalue weighted by molar-refractivity contribution is 0.299. The average molecular weight is 244 g/mol. The Morgan fingerprint density at radius 3 is 2.56 bits per heavy atom. The molecule has 0 saturated heterocycles. The minimum atomic E-state index is 0.508. The molecule has 0 atom stereocenters. The third kappa shape index (κ3) is 2.74. The highest BCUT2D eigenvalue weighted by Gasteiger charge is 2.09. The van der Waals surface area contributed by atoms with Gasteiger partial charge in [-0.05, 0) is 19.4 Å². The summed E-state index contributed by atoms with van der Waals surface area (Å²) >= 11 is 0. The fraction of sp³-hybridized carbons (Fsp3) is 0.308. The van der Waals surface area contributed by atoms with Gasteiger partial charge in [0.15, 0.2) is 0 Å². The smallest absolute Gasteiger partial charge is 0.226 e. The van der Waals surface area contributed by atoms with Gasteiger partial charge in [-0.1, -0.05) is 40.7 Å². The molecule has 0 bridgehead atoms. The summed E-state index contributed by atoms with van der Waals surface area (Å²) in [5.41, 5.74) is 1.87. The maximum atomic E-state index is 4.98. The number of hydrogen-bond donors (Lipinski definition) is 0. The molecule has 0 radical (unpaired) electrons. The van der Waals surface area contributed by atoms with Crippen LogP contribution in [0.3, 0.4) is 0 Å². The van der Waals surface area contributed by atoms with Crippen LogP contribution in [0.4, 0.5) is 5.82 Å². The van der Waals surface area contributed by atoms with E-state index >= 15 is 0 Å². The summed E-state index contributed by atoms with van der Waals surface area (Å²) < 4.78 is 4.98. The molecule has 1 aromatic carbocycles. The van der Waals surface area contributed by atoms with Crippen molar-refractivity contribution >= 4 is 5.82 Å². The molecular weight excluding hydrogens is 228 g/mol. The van der Waals surface area contributed by atoms with Crippen LogP contribution in [-0.2, 0) is 0 Å². The molecule has 0 aliphatic carbocycles. The summed E-state index contributed by atoms with van der Waals surface area (Å²) in [6, 6.07) is 9.88. The first-order chi connectivity index (χ1) is 8.85. The summed E-state index contributed by atoms with van der Waals surface area (Å²) in [5, 5.41) is 14.0. The average Bonchev–Trinajstić information content (AvgIpc) is 2.89. The molecule has 0 N–H and O–H groups in total. The standard InChI is InChI=1S/C13H16N4O/c1-3-17(4-2)16-14-13-12(10-18-15-13)11-8-6-5-7-9-11/h5-10H,3-4H2,1-2H3. The molecule has 2 rings (SSSR count). The van der Waals surface area contributed by atoms with Crippen molar-refractivity contribution in [2.24, 2.45) is 10.3 Å². The van der Waals surface area contributed by atoms with Crippen LogP contribution in [0.25, 0.3) is 11.1 Å². The molecule has 0 saturated carbocycles. The van der Waals surface area contributed by atoms with E-state index in [2.05, 4.69) is 15.5 Å². The van der Waals surface area contributed by atoms with Gasteiger partial charge < -0.3 is 4.52 Å². The molecule has 0 fully saturated rings. The Kier molecular flexibility index (Phi) is 4.06. The highest BCUT2D eigenvalue weighted by molar-refractivity contribution is 5.71. The van der Waals surface area contributed by atoms with Crippen molar-refractivity contribution in [1.29, 1.82) is 0 Å². The molecule has 1 aromatic heterocycles. The van der Waals surface area contributed by atoms with Gasteiger partial charge in [0.2, 0.25) is 5.82 Å². The molecule has 5 heteroatoms. The van der Waals surface area contributed by atoms with Crippen molar-refractivity contribution in [2.45, 2.75) is 13.8 Å². The SMILES string of the molecule is CCN(CC)N=Nc1nocc1-c1ccccc1. The number of benzene rings is 1. The van der Waals surface area contributed by atoms with E-state index in [1.54, 1.807) is 6.26 Å². The molecule has 94 valence electrons. The summed E-state index contributed by atoms with van der Waals surface area (Å²) in [7, 11) is 0. The van der Waals surface area contributed by atoms with E-state index in [9.17, 15) is 0 Å². The largest absolute Gasteiger partial charge is 0.362 e. The van der Waals surface area contributed by atoms with Gasteiger partial charge in [0.05, 0.1) is 5.56 Å². The number of aromatic nitrogens is 1. The predicted octanol–water partition coefficient (Wildman–Crippen LogP) is 3.68. The van der Waals surface area contributed by atoms with Crippen molar-refractivity contribution in [2.75, 3.05) is 13.1 Å². The zero-order valence-corrected chi connectivity index (χ0v) is 10.6. The van der Waals surface area contributed by atoms with Crippen LogP contribution in [0.5, 0.6) is 0 Å². The number of nitrogens with zero attached hydrogens (tertiary/aromatic N) is 4. The Labute approximate surface area is 106 Å². The second-order valence-electron chi connectivity index (χ2n) is 3.75. The van der Waals surface area contributed by atoms with Crippen LogP contribution < -0.4 is 0 Å². The molecular formula is C13H16N4O.